The van der Waals surface area contributed by atoms with Gasteiger partial charge in [-0.1, -0.05) is 11.2 Å². The van der Waals surface area contributed by atoms with Gasteiger partial charge >= 0.3 is 5.97 Å². The van der Waals surface area contributed by atoms with E-state index in [1.165, 1.54) is 4.90 Å². The van der Waals surface area contributed by atoms with E-state index < -0.39 is 12.1 Å². The fourth-order valence-electron chi connectivity index (χ4n) is 2.75. The molecule has 8 heteroatoms. The predicted molar refractivity (Wildman–Crippen MR) is 90.0 cm³/mol. The first-order valence-electron chi connectivity index (χ1n) is 8.24. The maximum Gasteiger partial charge on any atom is 0.334 e. The van der Waals surface area contributed by atoms with Gasteiger partial charge in [0.1, 0.15) is 18.1 Å². The molecule has 0 radical (unpaired) electrons. The zero-order valence-corrected chi connectivity index (χ0v) is 14.6. The number of benzene rings is 1. The van der Waals surface area contributed by atoms with E-state index in [2.05, 4.69) is 5.16 Å². The molecule has 1 amide bonds. The smallest absolute Gasteiger partial charge is 0.334 e. The van der Waals surface area contributed by atoms with Crippen molar-refractivity contribution in [3.63, 3.8) is 0 Å². The van der Waals surface area contributed by atoms with Crippen molar-refractivity contribution in [2.45, 2.75) is 26.6 Å². The molecule has 0 aliphatic carbocycles. The molecule has 1 aromatic carbocycles. The Balaban J connectivity index is 1.68. The van der Waals surface area contributed by atoms with Gasteiger partial charge in [0.15, 0.2) is 6.10 Å². The SMILES string of the molecule is Cc1noc(C)c1COc1cccc(C(=O)N2CCO[C@H](C(=O)O)C2)c1. The Bertz CT molecular complexity index is 796. The van der Waals surface area contributed by atoms with Crippen molar-refractivity contribution in [1.29, 1.82) is 0 Å². The molecule has 138 valence electrons. The number of hydrogen-bond acceptors (Lipinski definition) is 6. The molecule has 1 aliphatic heterocycles. The predicted octanol–water partition coefficient (Wildman–Crippen LogP) is 1.80. The Kier molecular flexibility index (Phi) is 5.22. The van der Waals surface area contributed by atoms with Gasteiger partial charge in [0.25, 0.3) is 5.91 Å². The van der Waals surface area contributed by atoms with Crippen molar-refractivity contribution < 1.29 is 28.7 Å². The zero-order chi connectivity index (χ0) is 18.7. The summed E-state index contributed by atoms with van der Waals surface area (Å²) in [5.74, 6) is -0.0805. The van der Waals surface area contributed by atoms with Crippen LogP contribution in [0.15, 0.2) is 28.8 Å². The van der Waals surface area contributed by atoms with Crippen LogP contribution in [0.4, 0.5) is 0 Å². The number of aryl methyl sites for hydroxylation is 2. The zero-order valence-electron chi connectivity index (χ0n) is 14.6. The second-order valence-electron chi connectivity index (χ2n) is 6.07. The third-order valence-electron chi connectivity index (χ3n) is 4.27. The first-order valence-corrected chi connectivity index (χ1v) is 8.24. The van der Waals surface area contributed by atoms with E-state index in [4.69, 9.17) is 19.1 Å². The van der Waals surface area contributed by atoms with Crippen LogP contribution in [0.2, 0.25) is 0 Å². The van der Waals surface area contributed by atoms with Crippen LogP contribution < -0.4 is 4.74 Å². The normalized spacial score (nSPS) is 17.2. The number of carboxylic acids is 1. The summed E-state index contributed by atoms with van der Waals surface area (Å²) in [5.41, 5.74) is 2.08. The van der Waals surface area contributed by atoms with Crippen LogP contribution >= 0.6 is 0 Å². The van der Waals surface area contributed by atoms with Gasteiger partial charge in [-0.05, 0) is 32.0 Å². The Morgan fingerprint density at radius 2 is 2.19 bits per heavy atom. The maximum absolute atomic E-state index is 12.7. The number of aliphatic carboxylic acids is 1. The highest BCUT2D eigenvalue weighted by Gasteiger charge is 2.29. The molecular weight excluding hydrogens is 340 g/mol. The van der Waals surface area contributed by atoms with E-state index in [1.54, 1.807) is 24.3 Å². The summed E-state index contributed by atoms with van der Waals surface area (Å²) in [6.07, 6.45) is -0.994. The van der Waals surface area contributed by atoms with Crippen molar-refractivity contribution in [2.75, 3.05) is 19.7 Å². The van der Waals surface area contributed by atoms with Crippen LogP contribution in [-0.4, -0.2) is 52.8 Å². The molecule has 26 heavy (non-hydrogen) atoms. The molecule has 0 spiro atoms. The van der Waals surface area contributed by atoms with Crippen molar-refractivity contribution in [1.82, 2.24) is 10.1 Å². The Morgan fingerprint density at radius 3 is 2.88 bits per heavy atom. The minimum absolute atomic E-state index is 0.0261. The van der Waals surface area contributed by atoms with E-state index in [1.807, 2.05) is 13.8 Å². The summed E-state index contributed by atoms with van der Waals surface area (Å²) < 4.78 is 16.0. The average Bonchev–Trinajstić information content (AvgIpc) is 2.97. The maximum atomic E-state index is 12.7. The van der Waals surface area contributed by atoms with E-state index in [0.717, 1.165) is 11.3 Å². The Hall–Kier alpha value is -2.87. The van der Waals surface area contributed by atoms with Crippen LogP contribution in [-0.2, 0) is 16.1 Å². The minimum atomic E-state index is -1.07. The molecule has 1 atom stereocenters. The molecule has 1 aromatic heterocycles. The highest BCUT2D eigenvalue weighted by atomic mass is 16.5. The highest BCUT2D eigenvalue weighted by molar-refractivity contribution is 5.95. The third-order valence-corrected chi connectivity index (χ3v) is 4.27. The largest absolute Gasteiger partial charge is 0.489 e. The third kappa shape index (κ3) is 3.85. The summed E-state index contributed by atoms with van der Waals surface area (Å²) in [6.45, 7) is 4.52. The number of rotatable bonds is 5. The van der Waals surface area contributed by atoms with E-state index in [9.17, 15) is 9.59 Å². The average molecular weight is 360 g/mol. The van der Waals surface area contributed by atoms with Gasteiger partial charge in [-0.15, -0.1) is 0 Å². The molecule has 1 N–H and O–H groups in total. The van der Waals surface area contributed by atoms with Gasteiger partial charge in [-0.2, -0.15) is 0 Å². The van der Waals surface area contributed by atoms with Gasteiger partial charge in [0, 0.05) is 12.1 Å². The summed E-state index contributed by atoms with van der Waals surface area (Å²) >= 11 is 0. The highest BCUT2D eigenvalue weighted by Crippen LogP contribution is 2.20. The number of hydrogen-bond donors (Lipinski definition) is 1. The summed E-state index contributed by atoms with van der Waals surface area (Å²) in [6, 6.07) is 6.81. The fraction of sp³-hybridized carbons (Fsp3) is 0.389. The number of amides is 1. The standard InChI is InChI=1S/C18H20N2O6/c1-11-15(12(2)26-19-11)10-25-14-5-3-4-13(8-14)17(21)20-6-7-24-16(9-20)18(22)23/h3-5,8,16H,6-7,9-10H2,1-2H3,(H,22,23)/t16-/m0/s1. The quantitative estimate of drug-likeness (QED) is 0.867. The summed E-state index contributed by atoms with van der Waals surface area (Å²) in [4.78, 5) is 25.2. The number of carbonyl (C=O) groups is 2. The van der Waals surface area contributed by atoms with Crippen molar-refractivity contribution >= 4 is 11.9 Å². The summed E-state index contributed by atoms with van der Waals surface area (Å²) in [5, 5.41) is 12.9. The van der Waals surface area contributed by atoms with Gasteiger partial charge in [0.2, 0.25) is 0 Å². The molecular formula is C18H20N2O6. The van der Waals surface area contributed by atoms with Crippen LogP contribution in [0.5, 0.6) is 5.75 Å². The van der Waals surface area contributed by atoms with Gasteiger partial charge in [-0.3, -0.25) is 4.79 Å². The monoisotopic (exact) mass is 360 g/mol. The molecule has 0 bridgehead atoms. The van der Waals surface area contributed by atoms with Crippen molar-refractivity contribution in [2.24, 2.45) is 0 Å². The number of morpholine rings is 1. The topological polar surface area (TPSA) is 102 Å². The molecule has 0 unspecified atom stereocenters. The first-order chi connectivity index (χ1) is 12.5. The molecule has 2 aromatic rings. The van der Waals surface area contributed by atoms with E-state index in [-0.39, 0.29) is 25.7 Å². The molecule has 1 aliphatic rings. The van der Waals surface area contributed by atoms with Crippen molar-refractivity contribution in [3.05, 3.63) is 46.8 Å². The lowest BCUT2D eigenvalue weighted by atomic mass is 10.1. The van der Waals surface area contributed by atoms with Crippen LogP contribution in [0.25, 0.3) is 0 Å². The molecule has 0 saturated carbocycles. The molecule has 8 nitrogen and oxygen atoms in total. The van der Waals surface area contributed by atoms with Crippen molar-refractivity contribution in [3.8, 4) is 5.75 Å². The second kappa shape index (κ2) is 7.57. The summed E-state index contributed by atoms with van der Waals surface area (Å²) in [7, 11) is 0. The molecule has 2 heterocycles. The minimum Gasteiger partial charge on any atom is -0.489 e. The van der Waals surface area contributed by atoms with Crippen LogP contribution in [0.1, 0.15) is 27.4 Å². The first kappa shape index (κ1) is 17.9. The number of aromatic nitrogens is 1. The van der Waals surface area contributed by atoms with Gasteiger partial charge in [-0.25, -0.2) is 4.79 Å². The molecule has 3 rings (SSSR count). The van der Waals surface area contributed by atoms with Gasteiger partial charge in [0.05, 0.1) is 24.4 Å². The number of carbonyl (C=O) groups excluding carboxylic acids is 1. The number of carboxylic acid groups (broad SMARTS) is 1. The lowest BCUT2D eigenvalue weighted by Crippen LogP contribution is -2.48. The van der Waals surface area contributed by atoms with Crippen LogP contribution in [0, 0.1) is 13.8 Å². The van der Waals surface area contributed by atoms with E-state index >= 15 is 0 Å². The van der Waals surface area contributed by atoms with Crippen LogP contribution in [0.3, 0.4) is 0 Å². The molecule has 1 saturated heterocycles. The Morgan fingerprint density at radius 1 is 1.38 bits per heavy atom. The van der Waals surface area contributed by atoms with Gasteiger partial charge < -0.3 is 24.0 Å². The number of ether oxygens (including phenoxy) is 2. The van der Waals surface area contributed by atoms with E-state index in [0.29, 0.717) is 23.6 Å². The lowest BCUT2D eigenvalue weighted by Gasteiger charge is -2.31. The number of nitrogens with zero attached hydrogens (tertiary/aromatic N) is 2. The lowest BCUT2D eigenvalue weighted by molar-refractivity contribution is -0.154. The molecule has 1 fully saturated rings. The Labute approximate surface area is 150 Å². The second-order valence-corrected chi connectivity index (χ2v) is 6.07. The fourth-order valence-corrected chi connectivity index (χ4v) is 2.75.